The number of unbranched alkanes of at least 4 members (excludes halogenated alkanes) is 1. The number of carbonyl (C=O) groups is 1. The molecule has 4 nitrogen and oxygen atoms in total. The predicted octanol–water partition coefficient (Wildman–Crippen LogP) is 3.15. The van der Waals surface area contributed by atoms with Crippen LogP contribution in [0.25, 0.3) is 0 Å². The summed E-state index contributed by atoms with van der Waals surface area (Å²) in [5, 5.41) is 3.21. The van der Waals surface area contributed by atoms with Gasteiger partial charge in [0, 0.05) is 19.3 Å². The number of nitrogens with one attached hydrogen (secondary N) is 1. The Morgan fingerprint density at radius 2 is 1.90 bits per heavy atom. The Kier molecular flexibility index (Phi) is 11.8. The van der Waals surface area contributed by atoms with E-state index >= 15 is 0 Å². The van der Waals surface area contributed by atoms with Crippen LogP contribution in [0.2, 0.25) is 0 Å². The summed E-state index contributed by atoms with van der Waals surface area (Å²) in [6, 6.07) is -0.0113. The minimum atomic E-state index is -0.268. The molecule has 0 aliphatic heterocycles. The lowest BCUT2D eigenvalue weighted by Crippen LogP contribution is -2.42. The summed E-state index contributed by atoms with van der Waals surface area (Å²) in [4.78, 5) is 11.6. The monoisotopic (exact) mass is 287 g/mol. The number of rotatable bonds is 12. The quantitative estimate of drug-likeness (QED) is 0.442. The third-order valence-electron chi connectivity index (χ3n) is 3.47. The standard InChI is InChI=1S/C16H33NO3/c1-6-8-9-14(7-2)12-20-11-10-15(16(18)19-5)17-13(3)4/h13-15,17H,6-12H2,1-5H3. The van der Waals surface area contributed by atoms with Crippen LogP contribution < -0.4 is 5.32 Å². The molecule has 2 atom stereocenters. The average molecular weight is 287 g/mol. The van der Waals surface area contributed by atoms with Crippen LogP contribution in [0.5, 0.6) is 0 Å². The molecule has 120 valence electrons. The lowest BCUT2D eigenvalue weighted by atomic mass is 10.0. The number of hydrogen-bond donors (Lipinski definition) is 1. The molecule has 0 amide bonds. The van der Waals surface area contributed by atoms with Crippen molar-refractivity contribution in [3.05, 3.63) is 0 Å². The first kappa shape index (κ1) is 19.4. The van der Waals surface area contributed by atoms with Gasteiger partial charge in [0.05, 0.1) is 7.11 Å². The van der Waals surface area contributed by atoms with Crippen molar-refractivity contribution in [3.63, 3.8) is 0 Å². The van der Waals surface area contributed by atoms with Gasteiger partial charge in [-0.15, -0.1) is 0 Å². The maximum absolute atomic E-state index is 11.6. The summed E-state index contributed by atoms with van der Waals surface area (Å²) in [5.74, 6) is 0.435. The Morgan fingerprint density at radius 3 is 2.40 bits per heavy atom. The highest BCUT2D eigenvalue weighted by atomic mass is 16.5. The minimum Gasteiger partial charge on any atom is -0.468 e. The van der Waals surface area contributed by atoms with Gasteiger partial charge in [-0.25, -0.2) is 0 Å². The van der Waals surface area contributed by atoms with E-state index in [1.807, 2.05) is 13.8 Å². The zero-order valence-corrected chi connectivity index (χ0v) is 13.9. The van der Waals surface area contributed by atoms with Crippen LogP contribution in [0.1, 0.15) is 59.8 Å². The van der Waals surface area contributed by atoms with E-state index in [0.717, 1.165) is 13.0 Å². The fourth-order valence-corrected chi connectivity index (χ4v) is 2.16. The summed E-state index contributed by atoms with van der Waals surface area (Å²) in [7, 11) is 1.43. The number of ether oxygens (including phenoxy) is 2. The minimum absolute atomic E-state index is 0.208. The number of methoxy groups -OCH3 is 1. The molecule has 0 aromatic carbocycles. The van der Waals surface area contributed by atoms with Gasteiger partial charge in [-0.2, -0.15) is 0 Å². The van der Waals surface area contributed by atoms with Crippen molar-refractivity contribution in [3.8, 4) is 0 Å². The number of hydrogen-bond acceptors (Lipinski definition) is 4. The molecule has 0 spiro atoms. The van der Waals surface area contributed by atoms with Crippen LogP contribution >= 0.6 is 0 Å². The van der Waals surface area contributed by atoms with Crippen molar-refractivity contribution >= 4 is 5.97 Å². The molecule has 4 heteroatoms. The van der Waals surface area contributed by atoms with Gasteiger partial charge in [0.1, 0.15) is 6.04 Å². The molecule has 2 unspecified atom stereocenters. The second kappa shape index (κ2) is 12.2. The van der Waals surface area contributed by atoms with Crippen LogP contribution in [0.4, 0.5) is 0 Å². The van der Waals surface area contributed by atoms with Gasteiger partial charge >= 0.3 is 5.97 Å². The second-order valence-corrected chi connectivity index (χ2v) is 5.68. The molecule has 0 aliphatic carbocycles. The molecule has 20 heavy (non-hydrogen) atoms. The van der Waals surface area contributed by atoms with Crippen molar-refractivity contribution in [1.82, 2.24) is 5.32 Å². The van der Waals surface area contributed by atoms with Crippen molar-refractivity contribution in [2.75, 3.05) is 20.3 Å². The van der Waals surface area contributed by atoms with E-state index in [1.54, 1.807) is 0 Å². The smallest absolute Gasteiger partial charge is 0.322 e. The molecule has 0 bridgehead atoms. The van der Waals surface area contributed by atoms with Crippen LogP contribution in [-0.4, -0.2) is 38.4 Å². The van der Waals surface area contributed by atoms with Crippen LogP contribution in [0, 0.1) is 5.92 Å². The van der Waals surface area contributed by atoms with Crippen molar-refractivity contribution in [2.45, 2.75) is 71.9 Å². The first-order valence-electron chi connectivity index (χ1n) is 7.96. The zero-order chi connectivity index (χ0) is 15.4. The van der Waals surface area contributed by atoms with Gasteiger partial charge in [0.25, 0.3) is 0 Å². The van der Waals surface area contributed by atoms with E-state index in [4.69, 9.17) is 9.47 Å². The zero-order valence-electron chi connectivity index (χ0n) is 13.9. The van der Waals surface area contributed by atoms with Crippen LogP contribution in [-0.2, 0) is 14.3 Å². The molecule has 0 saturated carbocycles. The fourth-order valence-electron chi connectivity index (χ4n) is 2.16. The largest absolute Gasteiger partial charge is 0.468 e. The molecule has 0 aliphatic rings. The Morgan fingerprint density at radius 1 is 1.20 bits per heavy atom. The lowest BCUT2D eigenvalue weighted by molar-refractivity contribution is -0.143. The highest BCUT2D eigenvalue weighted by Crippen LogP contribution is 2.13. The fraction of sp³-hybridized carbons (Fsp3) is 0.938. The van der Waals surface area contributed by atoms with Crippen molar-refractivity contribution in [1.29, 1.82) is 0 Å². The second-order valence-electron chi connectivity index (χ2n) is 5.68. The molecule has 0 aromatic rings. The summed E-state index contributed by atoms with van der Waals surface area (Å²) < 4.78 is 10.6. The molecule has 0 aromatic heterocycles. The van der Waals surface area contributed by atoms with Crippen LogP contribution in [0.15, 0.2) is 0 Å². The molecule has 0 radical (unpaired) electrons. The summed E-state index contributed by atoms with van der Waals surface area (Å²) >= 11 is 0. The van der Waals surface area contributed by atoms with Gasteiger partial charge in [0.15, 0.2) is 0 Å². The summed E-state index contributed by atoms with van der Waals surface area (Å²) in [6.45, 7) is 9.87. The average Bonchev–Trinajstić information content (AvgIpc) is 2.43. The number of carbonyl (C=O) groups excluding carboxylic acids is 1. The van der Waals surface area contributed by atoms with Gasteiger partial charge in [0.2, 0.25) is 0 Å². The highest BCUT2D eigenvalue weighted by Gasteiger charge is 2.19. The third kappa shape index (κ3) is 9.32. The topological polar surface area (TPSA) is 47.6 Å². The van der Waals surface area contributed by atoms with E-state index in [-0.39, 0.29) is 18.1 Å². The van der Waals surface area contributed by atoms with Gasteiger partial charge < -0.3 is 14.8 Å². The lowest BCUT2D eigenvalue weighted by Gasteiger charge is -2.20. The van der Waals surface area contributed by atoms with Crippen LogP contribution in [0.3, 0.4) is 0 Å². The van der Waals surface area contributed by atoms with E-state index < -0.39 is 0 Å². The van der Waals surface area contributed by atoms with Gasteiger partial charge in [-0.1, -0.05) is 47.0 Å². The molecular formula is C16H33NO3. The van der Waals surface area contributed by atoms with Crippen molar-refractivity contribution in [2.24, 2.45) is 5.92 Å². The third-order valence-corrected chi connectivity index (χ3v) is 3.47. The Hall–Kier alpha value is -0.610. The molecule has 0 fully saturated rings. The summed E-state index contributed by atoms with van der Waals surface area (Å²) in [5.41, 5.74) is 0. The maximum Gasteiger partial charge on any atom is 0.322 e. The van der Waals surface area contributed by atoms with E-state index in [1.165, 1.54) is 26.4 Å². The Labute approximate surface area is 124 Å². The van der Waals surface area contributed by atoms with Gasteiger partial charge in [-0.05, 0) is 18.8 Å². The van der Waals surface area contributed by atoms with E-state index in [9.17, 15) is 4.79 Å². The predicted molar refractivity (Wildman–Crippen MR) is 82.8 cm³/mol. The first-order chi connectivity index (χ1) is 9.54. The summed E-state index contributed by atoms with van der Waals surface area (Å²) in [6.07, 6.45) is 5.55. The molecule has 0 rings (SSSR count). The van der Waals surface area contributed by atoms with E-state index in [2.05, 4.69) is 19.2 Å². The molecule has 0 saturated heterocycles. The Bertz CT molecular complexity index is 244. The molecule has 1 N–H and O–H groups in total. The van der Waals surface area contributed by atoms with Gasteiger partial charge in [-0.3, -0.25) is 4.79 Å². The highest BCUT2D eigenvalue weighted by molar-refractivity contribution is 5.75. The number of esters is 1. The van der Waals surface area contributed by atoms with E-state index in [0.29, 0.717) is 18.9 Å². The normalized spacial score (nSPS) is 14.3. The maximum atomic E-state index is 11.6. The van der Waals surface area contributed by atoms with Crippen molar-refractivity contribution < 1.29 is 14.3 Å². The molecular weight excluding hydrogens is 254 g/mol. The molecule has 0 heterocycles. The first-order valence-corrected chi connectivity index (χ1v) is 7.96. The Balaban J connectivity index is 3.94. The SMILES string of the molecule is CCCCC(CC)COCCC(NC(C)C)C(=O)OC.